The number of anilines is 1. The van der Waals surface area contributed by atoms with Crippen LogP contribution in [0.5, 0.6) is 0 Å². The SMILES string of the molecule is CCN(CCN1CC(C(=O)NC2CCC(c3ccccc3)CC2)C(=O)C1=O)c1cccc(C)c1. The van der Waals surface area contributed by atoms with Gasteiger partial charge in [-0.25, -0.2) is 0 Å². The maximum atomic E-state index is 12.9. The molecule has 180 valence electrons. The lowest BCUT2D eigenvalue weighted by atomic mass is 9.81. The number of carbonyl (C=O) groups excluding carboxylic acids is 3. The number of benzene rings is 2. The van der Waals surface area contributed by atoms with Crippen LogP contribution in [0.2, 0.25) is 0 Å². The van der Waals surface area contributed by atoms with E-state index in [1.54, 1.807) is 0 Å². The Morgan fingerprint density at radius 1 is 1.03 bits per heavy atom. The third-order valence-electron chi connectivity index (χ3n) is 7.27. The van der Waals surface area contributed by atoms with E-state index < -0.39 is 17.6 Å². The van der Waals surface area contributed by atoms with Gasteiger partial charge in [-0.3, -0.25) is 14.4 Å². The van der Waals surface area contributed by atoms with Crippen LogP contribution in [0.25, 0.3) is 0 Å². The minimum Gasteiger partial charge on any atom is -0.370 e. The summed E-state index contributed by atoms with van der Waals surface area (Å²) < 4.78 is 0. The number of rotatable bonds is 8. The van der Waals surface area contributed by atoms with Crippen LogP contribution >= 0.6 is 0 Å². The van der Waals surface area contributed by atoms with Crippen molar-refractivity contribution in [1.29, 1.82) is 0 Å². The molecule has 4 rings (SSSR count). The fourth-order valence-electron chi connectivity index (χ4n) is 5.22. The number of Topliss-reactive ketones (excluding diaryl/α,β-unsaturated/α-hetero) is 1. The zero-order valence-electron chi connectivity index (χ0n) is 20.2. The second-order valence-electron chi connectivity index (χ2n) is 9.55. The first-order valence-electron chi connectivity index (χ1n) is 12.5. The van der Waals surface area contributed by atoms with Crippen molar-refractivity contribution in [3.8, 4) is 0 Å². The first-order valence-corrected chi connectivity index (χ1v) is 12.5. The number of hydrogen-bond acceptors (Lipinski definition) is 4. The predicted molar refractivity (Wildman–Crippen MR) is 134 cm³/mol. The van der Waals surface area contributed by atoms with E-state index in [1.165, 1.54) is 16.0 Å². The van der Waals surface area contributed by atoms with Gasteiger partial charge in [-0.15, -0.1) is 0 Å². The van der Waals surface area contributed by atoms with Crippen molar-refractivity contribution in [3.05, 3.63) is 65.7 Å². The van der Waals surface area contributed by atoms with Gasteiger partial charge < -0.3 is 15.1 Å². The van der Waals surface area contributed by atoms with Crippen molar-refractivity contribution in [1.82, 2.24) is 10.2 Å². The van der Waals surface area contributed by atoms with Crippen LogP contribution in [0, 0.1) is 12.8 Å². The van der Waals surface area contributed by atoms with Crippen LogP contribution in [-0.2, 0) is 14.4 Å². The molecule has 1 saturated carbocycles. The summed E-state index contributed by atoms with van der Waals surface area (Å²) >= 11 is 0. The Hall–Kier alpha value is -3.15. The number of ketones is 1. The summed E-state index contributed by atoms with van der Waals surface area (Å²) in [6.45, 7) is 6.15. The number of hydrogen-bond donors (Lipinski definition) is 1. The molecule has 1 saturated heterocycles. The molecule has 2 aromatic carbocycles. The highest BCUT2D eigenvalue weighted by molar-refractivity contribution is 6.42. The van der Waals surface area contributed by atoms with E-state index in [0.29, 0.717) is 19.0 Å². The van der Waals surface area contributed by atoms with Gasteiger partial charge in [-0.1, -0.05) is 42.5 Å². The van der Waals surface area contributed by atoms with Gasteiger partial charge in [0.2, 0.25) is 11.7 Å². The van der Waals surface area contributed by atoms with Crippen LogP contribution in [0.4, 0.5) is 5.69 Å². The van der Waals surface area contributed by atoms with Crippen molar-refractivity contribution in [3.63, 3.8) is 0 Å². The molecule has 0 radical (unpaired) electrons. The molecule has 1 heterocycles. The lowest BCUT2D eigenvalue weighted by Crippen LogP contribution is -2.43. The molecule has 2 aliphatic rings. The molecule has 0 aromatic heterocycles. The van der Waals surface area contributed by atoms with E-state index in [1.807, 2.05) is 12.1 Å². The van der Waals surface area contributed by atoms with Crippen molar-refractivity contribution < 1.29 is 14.4 Å². The minimum atomic E-state index is -0.895. The fourth-order valence-corrected chi connectivity index (χ4v) is 5.22. The topological polar surface area (TPSA) is 69.7 Å². The summed E-state index contributed by atoms with van der Waals surface area (Å²) in [4.78, 5) is 41.8. The Labute approximate surface area is 202 Å². The predicted octanol–water partition coefficient (Wildman–Crippen LogP) is 3.69. The van der Waals surface area contributed by atoms with Crippen molar-refractivity contribution >= 4 is 23.3 Å². The molecule has 1 unspecified atom stereocenters. The van der Waals surface area contributed by atoms with Crippen LogP contribution in [0.15, 0.2) is 54.6 Å². The molecule has 1 atom stereocenters. The Balaban J connectivity index is 1.28. The standard InChI is InChI=1S/C28H35N3O3/c1-3-30(24-11-7-8-20(2)18-24)16-17-31-19-25(26(32)28(31)34)27(33)29-23-14-12-22(13-15-23)21-9-5-4-6-10-21/h4-11,18,22-23,25H,3,12-17,19H2,1-2H3,(H,29,33). The summed E-state index contributed by atoms with van der Waals surface area (Å²) in [6.07, 6.45) is 3.83. The summed E-state index contributed by atoms with van der Waals surface area (Å²) in [6, 6.07) is 18.8. The van der Waals surface area contributed by atoms with Gasteiger partial charge >= 0.3 is 0 Å². The maximum Gasteiger partial charge on any atom is 0.290 e. The molecular formula is C28H35N3O3. The molecule has 1 aliphatic carbocycles. The van der Waals surface area contributed by atoms with E-state index in [0.717, 1.165) is 37.9 Å². The molecule has 1 N–H and O–H groups in total. The minimum absolute atomic E-state index is 0.0707. The summed E-state index contributed by atoms with van der Waals surface area (Å²) in [5.41, 5.74) is 3.63. The van der Waals surface area contributed by atoms with E-state index in [2.05, 4.69) is 66.5 Å². The number of nitrogens with one attached hydrogen (secondary N) is 1. The molecule has 6 heteroatoms. The van der Waals surface area contributed by atoms with Crippen molar-refractivity contribution in [2.45, 2.75) is 51.5 Å². The first-order chi connectivity index (χ1) is 16.5. The average molecular weight is 462 g/mol. The lowest BCUT2D eigenvalue weighted by molar-refractivity contribution is -0.142. The average Bonchev–Trinajstić information content (AvgIpc) is 3.14. The third kappa shape index (κ3) is 5.49. The highest BCUT2D eigenvalue weighted by atomic mass is 16.2. The van der Waals surface area contributed by atoms with Crippen molar-refractivity contribution in [2.75, 3.05) is 31.1 Å². The van der Waals surface area contributed by atoms with E-state index in [4.69, 9.17) is 0 Å². The van der Waals surface area contributed by atoms with Crippen LogP contribution in [0.1, 0.15) is 49.7 Å². The van der Waals surface area contributed by atoms with Gasteiger partial charge in [0, 0.05) is 37.9 Å². The quantitative estimate of drug-likeness (QED) is 0.481. The fraction of sp³-hybridized carbons (Fsp3) is 0.464. The van der Waals surface area contributed by atoms with Crippen molar-refractivity contribution in [2.24, 2.45) is 5.92 Å². The summed E-state index contributed by atoms with van der Waals surface area (Å²) in [5, 5.41) is 3.06. The second-order valence-corrected chi connectivity index (χ2v) is 9.55. The van der Waals surface area contributed by atoms with Gasteiger partial charge in [-0.05, 0) is 68.7 Å². The Bertz CT molecular complexity index is 1010. The number of amides is 2. The monoisotopic (exact) mass is 461 g/mol. The molecule has 6 nitrogen and oxygen atoms in total. The number of likely N-dealkylation sites (N-methyl/N-ethyl adjacent to an activating group) is 1. The highest BCUT2D eigenvalue weighted by Gasteiger charge is 2.43. The van der Waals surface area contributed by atoms with Gasteiger partial charge in [-0.2, -0.15) is 0 Å². The lowest BCUT2D eigenvalue weighted by Gasteiger charge is -2.30. The Morgan fingerprint density at radius 2 is 1.76 bits per heavy atom. The first kappa shape index (κ1) is 24.0. The zero-order chi connectivity index (χ0) is 24.1. The number of aryl methyl sites for hydroxylation is 1. The Morgan fingerprint density at radius 3 is 2.44 bits per heavy atom. The van der Waals surface area contributed by atoms with Crippen LogP contribution < -0.4 is 10.2 Å². The smallest absolute Gasteiger partial charge is 0.290 e. The molecule has 1 aliphatic heterocycles. The molecule has 0 spiro atoms. The van der Waals surface area contributed by atoms with E-state index in [-0.39, 0.29) is 18.5 Å². The molecule has 34 heavy (non-hydrogen) atoms. The molecule has 2 amide bonds. The highest BCUT2D eigenvalue weighted by Crippen LogP contribution is 2.33. The number of carbonyl (C=O) groups is 3. The van der Waals surface area contributed by atoms with E-state index in [9.17, 15) is 14.4 Å². The molecule has 0 bridgehead atoms. The number of nitrogens with zero attached hydrogens (tertiary/aromatic N) is 2. The van der Waals surface area contributed by atoms with Crippen LogP contribution in [0.3, 0.4) is 0 Å². The molecule has 2 aromatic rings. The van der Waals surface area contributed by atoms with E-state index >= 15 is 0 Å². The van der Waals surface area contributed by atoms with Gasteiger partial charge in [0.15, 0.2) is 0 Å². The third-order valence-corrected chi connectivity index (χ3v) is 7.27. The van der Waals surface area contributed by atoms with Crippen LogP contribution in [-0.4, -0.2) is 54.7 Å². The zero-order valence-corrected chi connectivity index (χ0v) is 20.2. The molecular weight excluding hydrogens is 426 g/mol. The largest absolute Gasteiger partial charge is 0.370 e. The summed E-state index contributed by atoms with van der Waals surface area (Å²) in [5.74, 6) is -1.78. The number of likely N-dealkylation sites (tertiary alicyclic amines) is 1. The Kier molecular flexibility index (Phi) is 7.66. The molecule has 2 fully saturated rings. The van der Waals surface area contributed by atoms with Gasteiger partial charge in [0.1, 0.15) is 5.92 Å². The normalized spacial score (nSPS) is 22.6. The van der Waals surface area contributed by atoms with Gasteiger partial charge in [0.05, 0.1) is 0 Å². The summed E-state index contributed by atoms with van der Waals surface area (Å²) in [7, 11) is 0. The van der Waals surface area contributed by atoms with Gasteiger partial charge in [0.25, 0.3) is 5.91 Å². The second kappa shape index (κ2) is 10.9. The maximum absolute atomic E-state index is 12.9.